The Labute approximate surface area is 41.6 Å². The van der Waals surface area contributed by atoms with Crippen LogP contribution in [0.2, 0.25) is 0 Å². The van der Waals surface area contributed by atoms with Gasteiger partial charge in [0.25, 0.3) is 5.91 Å². The minimum Gasteiger partial charge on any atom is -0.334 e. The topological polar surface area (TPSA) is 33.8 Å². The second kappa shape index (κ2) is 0.992. The van der Waals surface area contributed by atoms with E-state index >= 15 is 0 Å². The van der Waals surface area contributed by atoms with Gasteiger partial charge < -0.3 is 9.47 Å². The van der Waals surface area contributed by atoms with Crippen LogP contribution in [0, 0.1) is 0 Å². The number of nitrogens with one attached hydrogen (secondary N) is 1. The highest BCUT2D eigenvalue weighted by Gasteiger charge is 2.49. The van der Waals surface area contributed by atoms with Gasteiger partial charge in [0.2, 0.25) is 0 Å². The fourth-order valence-electron chi connectivity index (χ4n) is 0.759. The first kappa shape index (κ1) is 3.83. The van der Waals surface area contributed by atoms with Gasteiger partial charge in [-0.15, -0.1) is 0 Å². The first-order chi connectivity index (χ1) is 3.41. The Balaban J connectivity index is 2.07. The van der Waals surface area contributed by atoms with Crippen molar-refractivity contribution in [2.75, 3.05) is 19.8 Å². The first-order valence-corrected chi connectivity index (χ1v) is 2.44. The predicted molar refractivity (Wildman–Crippen MR) is 22.6 cm³/mol. The molecule has 1 N–H and O–H groups in total. The van der Waals surface area contributed by atoms with Crippen LogP contribution in [0.3, 0.4) is 0 Å². The number of hydrogen-bond acceptors (Lipinski definition) is 3. The Kier molecular flexibility index (Phi) is 0.543. The molecule has 0 amide bonds. The molecule has 0 saturated carbocycles. The average molecular weight is 101 g/mol. The maximum Gasteiger partial charge on any atom is 0.252 e. The zero-order valence-corrected chi connectivity index (χ0v) is 3.94. The van der Waals surface area contributed by atoms with Crippen molar-refractivity contribution in [3.05, 3.63) is 0 Å². The van der Waals surface area contributed by atoms with Gasteiger partial charge in [-0.05, 0) is 0 Å². The average Bonchev–Trinajstić information content (AvgIpc) is 2.15. The standard InChI is InChI=1S/C4H7NO2/c1-2-6-4(5-1)3-7-4/h5H,1-3H2. The summed E-state index contributed by atoms with van der Waals surface area (Å²) in [6.07, 6.45) is 0. The number of hydrogen-bond donors (Lipinski definition) is 1. The van der Waals surface area contributed by atoms with Gasteiger partial charge in [0.15, 0.2) is 0 Å². The second-order valence-corrected chi connectivity index (χ2v) is 1.82. The highest BCUT2D eigenvalue weighted by molar-refractivity contribution is 4.82. The van der Waals surface area contributed by atoms with E-state index in [-0.39, 0.29) is 5.91 Å². The quantitative estimate of drug-likeness (QED) is 0.409. The molecule has 2 saturated heterocycles. The summed E-state index contributed by atoms with van der Waals surface area (Å²) >= 11 is 0. The van der Waals surface area contributed by atoms with Crippen LogP contribution >= 0.6 is 0 Å². The van der Waals surface area contributed by atoms with Gasteiger partial charge in [-0.25, -0.2) is 0 Å². The monoisotopic (exact) mass is 101 g/mol. The van der Waals surface area contributed by atoms with E-state index < -0.39 is 0 Å². The molecule has 3 nitrogen and oxygen atoms in total. The molecule has 2 aliphatic rings. The summed E-state index contributed by atoms with van der Waals surface area (Å²) in [5.41, 5.74) is 0. The fraction of sp³-hybridized carbons (Fsp3) is 1.00. The predicted octanol–water partition coefficient (Wildman–Crippen LogP) is -0.710. The fourth-order valence-corrected chi connectivity index (χ4v) is 0.759. The van der Waals surface area contributed by atoms with Crippen LogP contribution in [0.1, 0.15) is 0 Å². The van der Waals surface area contributed by atoms with E-state index in [1.807, 2.05) is 0 Å². The van der Waals surface area contributed by atoms with Crippen LogP contribution in [0.15, 0.2) is 0 Å². The van der Waals surface area contributed by atoms with Crippen molar-refractivity contribution in [3.8, 4) is 0 Å². The lowest BCUT2D eigenvalue weighted by molar-refractivity contribution is -0.00878. The van der Waals surface area contributed by atoms with Crippen molar-refractivity contribution in [1.29, 1.82) is 0 Å². The smallest absolute Gasteiger partial charge is 0.252 e. The molecule has 0 radical (unpaired) electrons. The Bertz CT molecular complexity index is 81.7. The molecule has 2 rings (SSSR count). The minimum atomic E-state index is -0.306. The van der Waals surface area contributed by atoms with Crippen LogP contribution in [-0.2, 0) is 9.47 Å². The highest BCUT2D eigenvalue weighted by Crippen LogP contribution is 2.27. The molecule has 2 heterocycles. The Morgan fingerprint density at radius 3 is 2.57 bits per heavy atom. The second-order valence-electron chi connectivity index (χ2n) is 1.82. The molecule has 40 valence electrons. The summed E-state index contributed by atoms with van der Waals surface area (Å²) in [5, 5.41) is 3.06. The lowest BCUT2D eigenvalue weighted by atomic mass is 10.7. The Hall–Kier alpha value is -0.120. The molecule has 1 spiro atoms. The van der Waals surface area contributed by atoms with Gasteiger partial charge in [-0.2, -0.15) is 0 Å². The van der Waals surface area contributed by atoms with Crippen LogP contribution in [0.5, 0.6) is 0 Å². The molecular formula is C4H7NO2. The van der Waals surface area contributed by atoms with E-state index in [0.29, 0.717) is 0 Å². The zero-order chi connectivity index (χ0) is 4.74. The van der Waals surface area contributed by atoms with Gasteiger partial charge in [-0.3, -0.25) is 5.32 Å². The largest absolute Gasteiger partial charge is 0.334 e. The lowest BCUT2D eigenvalue weighted by Gasteiger charge is -1.96. The molecule has 0 bridgehead atoms. The summed E-state index contributed by atoms with van der Waals surface area (Å²) in [4.78, 5) is 0. The van der Waals surface area contributed by atoms with Crippen molar-refractivity contribution >= 4 is 0 Å². The van der Waals surface area contributed by atoms with Gasteiger partial charge in [-0.1, -0.05) is 0 Å². The van der Waals surface area contributed by atoms with Crippen molar-refractivity contribution in [2.45, 2.75) is 5.91 Å². The molecule has 1 unspecified atom stereocenters. The first-order valence-electron chi connectivity index (χ1n) is 2.44. The van der Waals surface area contributed by atoms with E-state index in [1.54, 1.807) is 0 Å². The third-order valence-corrected chi connectivity index (χ3v) is 1.24. The van der Waals surface area contributed by atoms with E-state index in [4.69, 9.17) is 9.47 Å². The molecule has 2 aliphatic heterocycles. The molecule has 0 aliphatic carbocycles. The molecule has 0 aromatic heterocycles. The number of ether oxygens (including phenoxy) is 2. The summed E-state index contributed by atoms with van der Waals surface area (Å²) in [7, 11) is 0. The Morgan fingerprint density at radius 1 is 1.43 bits per heavy atom. The molecule has 1 atom stereocenters. The van der Waals surface area contributed by atoms with E-state index in [9.17, 15) is 0 Å². The molecular weight excluding hydrogens is 94.0 g/mol. The normalized spacial score (nSPS) is 48.0. The van der Waals surface area contributed by atoms with Crippen LogP contribution in [-0.4, -0.2) is 25.7 Å². The summed E-state index contributed by atoms with van der Waals surface area (Å²) < 4.78 is 10.0. The van der Waals surface area contributed by atoms with Gasteiger partial charge >= 0.3 is 0 Å². The van der Waals surface area contributed by atoms with Crippen molar-refractivity contribution in [1.82, 2.24) is 5.32 Å². The minimum absolute atomic E-state index is 0.306. The SMILES string of the molecule is C1COC2(CO2)N1. The van der Waals surface area contributed by atoms with Gasteiger partial charge in [0, 0.05) is 6.54 Å². The summed E-state index contributed by atoms with van der Waals surface area (Å²) in [6, 6.07) is 0. The van der Waals surface area contributed by atoms with Crippen molar-refractivity contribution < 1.29 is 9.47 Å². The summed E-state index contributed by atoms with van der Waals surface area (Å²) in [6.45, 7) is 2.45. The van der Waals surface area contributed by atoms with Gasteiger partial charge in [0.05, 0.1) is 6.61 Å². The molecule has 2 fully saturated rings. The summed E-state index contributed by atoms with van der Waals surface area (Å²) in [5.74, 6) is -0.306. The molecule has 7 heavy (non-hydrogen) atoms. The van der Waals surface area contributed by atoms with E-state index in [1.165, 1.54) is 0 Å². The number of rotatable bonds is 0. The lowest BCUT2D eigenvalue weighted by Crippen LogP contribution is -2.25. The van der Waals surface area contributed by atoms with Crippen molar-refractivity contribution in [3.63, 3.8) is 0 Å². The van der Waals surface area contributed by atoms with Gasteiger partial charge in [0.1, 0.15) is 6.61 Å². The van der Waals surface area contributed by atoms with Crippen LogP contribution in [0.25, 0.3) is 0 Å². The molecule has 0 aromatic rings. The maximum absolute atomic E-state index is 5.12. The van der Waals surface area contributed by atoms with Crippen LogP contribution < -0.4 is 5.32 Å². The van der Waals surface area contributed by atoms with E-state index in [0.717, 1.165) is 19.8 Å². The van der Waals surface area contributed by atoms with Crippen molar-refractivity contribution in [2.24, 2.45) is 0 Å². The van der Waals surface area contributed by atoms with E-state index in [2.05, 4.69) is 5.32 Å². The van der Waals surface area contributed by atoms with Crippen LogP contribution in [0.4, 0.5) is 0 Å². The molecule has 0 aromatic carbocycles. The third kappa shape index (κ3) is 0.459. The molecule has 3 heteroatoms. The number of epoxide rings is 1. The Morgan fingerprint density at radius 2 is 2.29 bits per heavy atom. The highest BCUT2D eigenvalue weighted by atomic mass is 16.8. The zero-order valence-electron chi connectivity index (χ0n) is 3.94. The third-order valence-electron chi connectivity index (χ3n) is 1.24. The maximum atomic E-state index is 5.12.